The highest BCUT2D eigenvalue weighted by atomic mass is 19.1. The van der Waals surface area contributed by atoms with Crippen molar-refractivity contribution in [2.24, 2.45) is 0 Å². The third-order valence-corrected chi connectivity index (χ3v) is 2.68. The summed E-state index contributed by atoms with van der Waals surface area (Å²) in [4.78, 5) is 14.1. The largest absolute Gasteiger partial charge is 0.461 e. The first-order valence-electron chi connectivity index (χ1n) is 6.60. The molecule has 0 saturated carbocycles. The van der Waals surface area contributed by atoms with E-state index in [0.717, 1.165) is 0 Å². The Hall–Kier alpha value is -2.44. The molecule has 1 heterocycles. The highest BCUT2D eigenvalue weighted by molar-refractivity contribution is 5.57. The summed E-state index contributed by atoms with van der Waals surface area (Å²) in [6, 6.07) is 6.62. The number of hydrogen-bond donors (Lipinski definition) is 1. The first kappa shape index (κ1) is 15.0. The molecule has 0 fully saturated rings. The van der Waals surface area contributed by atoms with E-state index in [1.807, 2.05) is 13.8 Å². The van der Waals surface area contributed by atoms with Gasteiger partial charge >= 0.3 is 6.01 Å². The number of rotatable bonds is 5. The van der Waals surface area contributed by atoms with Crippen LogP contribution in [0.1, 0.15) is 13.8 Å². The molecular weight excluding hydrogens is 273 g/mol. The minimum Gasteiger partial charge on any atom is -0.461 e. The molecule has 7 heteroatoms. The van der Waals surface area contributed by atoms with E-state index in [-0.39, 0.29) is 17.9 Å². The second-order valence-corrected chi connectivity index (χ2v) is 4.67. The molecule has 112 valence electrons. The number of anilines is 3. The molecule has 0 spiro atoms. The van der Waals surface area contributed by atoms with Crippen LogP contribution >= 0.6 is 0 Å². The topological polar surface area (TPSA) is 63.2 Å². The molecule has 0 unspecified atom stereocenters. The number of hydrogen-bond acceptors (Lipinski definition) is 6. The van der Waals surface area contributed by atoms with Crippen LogP contribution < -0.4 is 15.0 Å². The number of nitrogens with zero attached hydrogens (tertiary/aromatic N) is 4. The van der Waals surface area contributed by atoms with E-state index in [2.05, 4.69) is 20.3 Å². The lowest BCUT2D eigenvalue weighted by Crippen LogP contribution is -2.18. The Labute approximate surface area is 123 Å². The van der Waals surface area contributed by atoms with Crippen LogP contribution in [0.4, 0.5) is 22.0 Å². The zero-order valence-electron chi connectivity index (χ0n) is 12.5. The number of ether oxygens (including phenoxy) is 1. The quantitative estimate of drug-likeness (QED) is 0.913. The minimum atomic E-state index is -0.349. The summed E-state index contributed by atoms with van der Waals surface area (Å²) in [5.41, 5.74) is 0.376. The SMILES string of the molecule is CNc1nc(OC(C)C)nc(N(C)c2ccccc2F)n1. The molecule has 0 bridgehead atoms. The van der Waals surface area contributed by atoms with Crippen molar-refractivity contribution in [3.8, 4) is 6.01 Å². The van der Waals surface area contributed by atoms with Crippen LogP contribution in [-0.4, -0.2) is 35.2 Å². The van der Waals surface area contributed by atoms with Gasteiger partial charge in [0.25, 0.3) is 0 Å². The Balaban J connectivity index is 2.40. The van der Waals surface area contributed by atoms with Crippen molar-refractivity contribution >= 4 is 17.6 Å². The molecule has 0 aliphatic heterocycles. The molecular formula is C14H18FN5O. The number of aromatic nitrogens is 3. The summed E-state index contributed by atoms with van der Waals surface area (Å²) in [6.45, 7) is 3.76. The lowest BCUT2D eigenvalue weighted by atomic mass is 10.3. The maximum Gasteiger partial charge on any atom is 0.323 e. The Kier molecular flexibility index (Phi) is 4.52. The second-order valence-electron chi connectivity index (χ2n) is 4.67. The molecule has 21 heavy (non-hydrogen) atoms. The highest BCUT2D eigenvalue weighted by Gasteiger charge is 2.15. The summed E-state index contributed by atoms with van der Waals surface area (Å²) in [5.74, 6) is 0.312. The number of benzene rings is 1. The van der Waals surface area contributed by atoms with Gasteiger partial charge in [0.15, 0.2) is 0 Å². The smallest absolute Gasteiger partial charge is 0.323 e. The van der Waals surface area contributed by atoms with Gasteiger partial charge in [-0.3, -0.25) is 0 Å². The number of para-hydroxylation sites is 1. The van der Waals surface area contributed by atoms with Crippen molar-refractivity contribution < 1.29 is 9.13 Å². The molecule has 0 aliphatic rings. The molecule has 1 aromatic heterocycles. The van der Waals surface area contributed by atoms with Crippen LogP contribution in [0, 0.1) is 5.82 Å². The third kappa shape index (κ3) is 3.56. The zero-order valence-corrected chi connectivity index (χ0v) is 12.5. The van der Waals surface area contributed by atoms with E-state index < -0.39 is 0 Å². The van der Waals surface area contributed by atoms with Crippen LogP contribution in [0.3, 0.4) is 0 Å². The monoisotopic (exact) mass is 291 g/mol. The molecule has 0 aliphatic carbocycles. The number of halogens is 1. The third-order valence-electron chi connectivity index (χ3n) is 2.68. The van der Waals surface area contributed by atoms with Gasteiger partial charge < -0.3 is 15.0 Å². The van der Waals surface area contributed by atoms with Crippen LogP contribution in [0.2, 0.25) is 0 Å². The molecule has 0 radical (unpaired) electrons. The molecule has 0 atom stereocenters. The summed E-state index contributed by atoms with van der Waals surface area (Å²) in [7, 11) is 3.38. The predicted molar refractivity (Wildman–Crippen MR) is 79.6 cm³/mol. The van der Waals surface area contributed by atoms with E-state index in [1.54, 1.807) is 37.2 Å². The maximum atomic E-state index is 13.9. The van der Waals surface area contributed by atoms with E-state index >= 15 is 0 Å². The van der Waals surface area contributed by atoms with Crippen molar-refractivity contribution in [2.75, 3.05) is 24.3 Å². The second kappa shape index (κ2) is 6.34. The van der Waals surface area contributed by atoms with Gasteiger partial charge in [-0.2, -0.15) is 15.0 Å². The molecule has 0 saturated heterocycles. The van der Waals surface area contributed by atoms with Crippen molar-refractivity contribution in [3.05, 3.63) is 30.1 Å². The molecule has 0 amide bonds. The molecule has 2 rings (SSSR count). The summed E-state index contributed by atoms with van der Waals surface area (Å²) < 4.78 is 19.4. The molecule has 6 nitrogen and oxygen atoms in total. The Morgan fingerprint density at radius 1 is 1.19 bits per heavy atom. The highest BCUT2D eigenvalue weighted by Crippen LogP contribution is 2.25. The lowest BCUT2D eigenvalue weighted by molar-refractivity contribution is 0.222. The molecule has 1 N–H and O–H groups in total. The summed E-state index contributed by atoms with van der Waals surface area (Å²) in [6.07, 6.45) is -0.0660. The first-order chi connectivity index (χ1) is 10.0. The van der Waals surface area contributed by atoms with E-state index in [0.29, 0.717) is 17.6 Å². The fourth-order valence-electron chi connectivity index (χ4n) is 1.70. The van der Waals surface area contributed by atoms with Gasteiger partial charge in [0.2, 0.25) is 11.9 Å². The van der Waals surface area contributed by atoms with Gasteiger partial charge in [0, 0.05) is 14.1 Å². The van der Waals surface area contributed by atoms with Crippen LogP contribution in [-0.2, 0) is 0 Å². The average molecular weight is 291 g/mol. The summed E-state index contributed by atoms with van der Waals surface area (Å²) >= 11 is 0. The fourth-order valence-corrected chi connectivity index (χ4v) is 1.70. The first-order valence-corrected chi connectivity index (χ1v) is 6.60. The van der Waals surface area contributed by atoms with Crippen LogP contribution in [0.5, 0.6) is 6.01 Å². The fraction of sp³-hybridized carbons (Fsp3) is 0.357. The zero-order chi connectivity index (χ0) is 15.4. The maximum absolute atomic E-state index is 13.9. The van der Waals surface area contributed by atoms with Crippen molar-refractivity contribution in [1.29, 1.82) is 0 Å². The number of nitrogens with one attached hydrogen (secondary N) is 1. The Morgan fingerprint density at radius 3 is 2.52 bits per heavy atom. The lowest BCUT2D eigenvalue weighted by Gasteiger charge is -2.19. The normalized spacial score (nSPS) is 10.6. The molecule has 2 aromatic rings. The predicted octanol–water partition coefficient (Wildman–Crippen LogP) is 2.61. The van der Waals surface area contributed by atoms with Gasteiger partial charge in [-0.25, -0.2) is 4.39 Å². The Bertz CT molecular complexity index is 620. The van der Waals surface area contributed by atoms with Crippen molar-refractivity contribution in [2.45, 2.75) is 20.0 Å². The van der Waals surface area contributed by atoms with Crippen molar-refractivity contribution in [1.82, 2.24) is 15.0 Å². The van der Waals surface area contributed by atoms with Gasteiger partial charge in [-0.15, -0.1) is 0 Å². The molecule has 1 aromatic carbocycles. The van der Waals surface area contributed by atoms with E-state index in [4.69, 9.17) is 4.74 Å². The van der Waals surface area contributed by atoms with Crippen molar-refractivity contribution in [3.63, 3.8) is 0 Å². The van der Waals surface area contributed by atoms with Gasteiger partial charge in [0.05, 0.1) is 11.8 Å². The average Bonchev–Trinajstić information content (AvgIpc) is 2.46. The minimum absolute atomic E-state index is 0.0660. The van der Waals surface area contributed by atoms with Gasteiger partial charge in [-0.1, -0.05) is 12.1 Å². The Morgan fingerprint density at radius 2 is 1.90 bits per heavy atom. The van der Waals surface area contributed by atoms with Gasteiger partial charge in [0.1, 0.15) is 5.82 Å². The standard InChI is InChI=1S/C14H18FN5O/c1-9(2)21-14-18-12(16-3)17-13(19-14)20(4)11-8-6-5-7-10(11)15/h5-9H,1-4H3,(H,16,17,18,19). The van der Waals surface area contributed by atoms with Gasteiger partial charge in [-0.05, 0) is 26.0 Å². The van der Waals surface area contributed by atoms with E-state index in [1.165, 1.54) is 6.07 Å². The summed E-state index contributed by atoms with van der Waals surface area (Å²) in [5, 5.41) is 2.84. The van der Waals surface area contributed by atoms with E-state index in [9.17, 15) is 4.39 Å². The van der Waals surface area contributed by atoms with Crippen LogP contribution in [0.15, 0.2) is 24.3 Å². The van der Waals surface area contributed by atoms with Crippen LogP contribution in [0.25, 0.3) is 0 Å².